The molecule has 0 aromatic heterocycles. The highest BCUT2D eigenvalue weighted by Crippen LogP contribution is 2.45. The Hall–Kier alpha value is -5.98. The summed E-state index contributed by atoms with van der Waals surface area (Å²) >= 11 is 0. The molecular weight excluding hydrogens is 553 g/mol. The standard InChI is InChI=1S/C46H28/c1-2-12-30-27-31(22-21-29(30)11-1)33-25-26-34(36-14-4-3-13-35(33)36)32-23-24-40-39-17-7-9-19-42(39)45-41-18-8-5-15-37(41)38-16-6-10-20-43(38)46(45)44(40)28-32/h1-28H. The molecule has 0 radical (unpaired) electrons. The number of benzene rings is 10. The Bertz CT molecular complexity index is 2840. The fourth-order valence-electron chi connectivity index (χ4n) is 7.95. The Balaban J connectivity index is 1.30. The van der Waals surface area contributed by atoms with Gasteiger partial charge in [0, 0.05) is 0 Å². The third kappa shape index (κ3) is 3.62. The molecule has 46 heavy (non-hydrogen) atoms. The van der Waals surface area contributed by atoms with E-state index in [9.17, 15) is 0 Å². The van der Waals surface area contributed by atoms with Crippen molar-refractivity contribution in [3.63, 3.8) is 0 Å². The monoisotopic (exact) mass is 580 g/mol. The summed E-state index contributed by atoms with van der Waals surface area (Å²) in [6.07, 6.45) is 0. The van der Waals surface area contributed by atoms with Crippen LogP contribution in [0.2, 0.25) is 0 Å². The first-order valence-corrected chi connectivity index (χ1v) is 16.0. The normalized spacial score (nSPS) is 11.9. The van der Waals surface area contributed by atoms with Crippen LogP contribution < -0.4 is 0 Å². The lowest BCUT2D eigenvalue weighted by molar-refractivity contribution is 1.66. The van der Waals surface area contributed by atoms with Crippen LogP contribution in [0.25, 0.3) is 97.7 Å². The summed E-state index contributed by atoms with van der Waals surface area (Å²) in [7, 11) is 0. The molecule has 0 spiro atoms. The van der Waals surface area contributed by atoms with Crippen LogP contribution in [0.1, 0.15) is 0 Å². The van der Waals surface area contributed by atoms with Crippen molar-refractivity contribution >= 4 is 75.4 Å². The molecule has 10 aromatic carbocycles. The molecule has 0 heteroatoms. The van der Waals surface area contributed by atoms with Crippen LogP contribution >= 0.6 is 0 Å². The van der Waals surface area contributed by atoms with Gasteiger partial charge in [0.2, 0.25) is 0 Å². The molecule has 0 unspecified atom stereocenters. The fraction of sp³-hybridized carbons (Fsp3) is 0. The van der Waals surface area contributed by atoms with Gasteiger partial charge in [-0.05, 0) is 110 Å². The highest BCUT2D eigenvalue weighted by molar-refractivity contribution is 6.39. The van der Waals surface area contributed by atoms with Crippen LogP contribution in [-0.2, 0) is 0 Å². The van der Waals surface area contributed by atoms with Gasteiger partial charge in [0.1, 0.15) is 0 Å². The van der Waals surface area contributed by atoms with Crippen molar-refractivity contribution in [2.75, 3.05) is 0 Å². The van der Waals surface area contributed by atoms with Crippen LogP contribution in [0.15, 0.2) is 170 Å². The first kappa shape index (κ1) is 25.4. The molecule has 0 fully saturated rings. The van der Waals surface area contributed by atoms with Crippen LogP contribution in [0, 0.1) is 0 Å². The predicted molar refractivity (Wildman–Crippen MR) is 200 cm³/mol. The summed E-state index contributed by atoms with van der Waals surface area (Å²) < 4.78 is 0. The zero-order valence-corrected chi connectivity index (χ0v) is 25.2. The van der Waals surface area contributed by atoms with Gasteiger partial charge in [-0.3, -0.25) is 0 Å². The van der Waals surface area contributed by atoms with Crippen LogP contribution in [0.5, 0.6) is 0 Å². The van der Waals surface area contributed by atoms with Gasteiger partial charge in [-0.2, -0.15) is 0 Å². The van der Waals surface area contributed by atoms with E-state index >= 15 is 0 Å². The van der Waals surface area contributed by atoms with Gasteiger partial charge in [0.15, 0.2) is 0 Å². The minimum Gasteiger partial charge on any atom is -0.0616 e. The van der Waals surface area contributed by atoms with Gasteiger partial charge < -0.3 is 0 Å². The first-order valence-electron chi connectivity index (χ1n) is 16.0. The molecule has 0 aliphatic heterocycles. The summed E-state index contributed by atoms with van der Waals surface area (Å²) in [5.74, 6) is 0. The lowest BCUT2D eigenvalue weighted by Gasteiger charge is -2.18. The van der Waals surface area contributed by atoms with Gasteiger partial charge in [-0.15, -0.1) is 0 Å². The maximum Gasteiger partial charge on any atom is -0.00137 e. The Morgan fingerprint density at radius 3 is 1.17 bits per heavy atom. The number of hydrogen-bond donors (Lipinski definition) is 0. The van der Waals surface area contributed by atoms with Crippen molar-refractivity contribution in [2.24, 2.45) is 0 Å². The highest BCUT2D eigenvalue weighted by Gasteiger charge is 2.17. The van der Waals surface area contributed by atoms with Gasteiger partial charge in [0.25, 0.3) is 0 Å². The molecule has 0 aliphatic carbocycles. The van der Waals surface area contributed by atoms with Gasteiger partial charge in [-0.25, -0.2) is 0 Å². The lowest BCUT2D eigenvalue weighted by atomic mass is 9.85. The SMILES string of the molecule is c1ccc2cc(-c3ccc(-c4ccc5c6ccccc6c6c7ccccc7c7ccccc7c6c5c4)c4ccccc34)ccc2c1. The fourth-order valence-corrected chi connectivity index (χ4v) is 7.95. The van der Waals surface area contributed by atoms with Crippen molar-refractivity contribution in [2.45, 2.75) is 0 Å². The Morgan fingerprint density at radius 2 is 0.609 bits per heavy atom. The van der Waals surface area contributed by atoms with E-state index in [0.29, 0.717) is 0 Å². The minimum absolute atomic E-state index is 1.24. The van der Waals surface area contributed by atoms with Gasteiger partial charge in [-0.1, -0.05) is 158 Å². The predicted octanol–water partition coefficient (Wildman–Crippen LogP) is 13.1. The second kappa shape index (κ2) is 9.76. The van der Waals surface area contributed by atoms with Crippen molar-refractivity contribution in [3.8, 4) is 22.3 Å². The van der Waals surface area contributed by atoms with Crippen molar-refractivity contribution in [1.82, 2.24) is 0 Å². The molecule has 0 bridgehead atoms. The van der Waals surface area contributed by atoms with E-state index < -0.39 is 0 Å². The van der Waals surface area contributed by atoms with Crippen LogP contribution in [0.3, 0.4) is 0 Å². The Morgan fingerprint density at radius 1 is 0.217 bits per heavy atom. The molecule has 0 nitrogen and oxygen atoms in total. The van der Waals surface area contributed by atoms with Crippen molar-refractivity contribution < 1.29 is 0 Å². The topological polar surface area (TPSA) is 0 Å². The van der Waals surface area contributed by atoms with E-state index in [-0.39, 0.29) is 0 Å². The summed E-state index contributed by atoms with van der Waals surface area (Å²) in [6, 6.07) is 62.8. The molecule has 212 valence electrons. The maximum absolute atomic E-state index is 2.45. The smallest absolute Gasteiger partial charge is 0.00137 e. The second-order valence-electron chi connectivity index (χ2n) is 12.4. The average molecular weight is 581 g/mol. The molecule has 10 rings (SSSR count). The third-order valence-electron chi connectivity index (χ3n) is 10.0. The van der Waals surface area contributed by atoms with Gasteiger partial charge >= 0.3 is 0 Å². The molecule has 0 heterocycles. The first-order chi connectivity index (χ1) is 22.8. The highest BCUT2D eigenvalue weighted by atomic mass is 14.2. The molecule has 0 aliphatic rings. The Kier molecular flexibility index (Phi) is 5.38. The van der Waals surface area contributed by atoms with Crippen LogP contribution in [0.4, 0.5) is 0 Å². The quantitative estimate of drug-likeness (QED) is 0.178. The number of rotatable bonds is 2. The molecular formula is C46H28. The molecule has 0 saturated carbocycles. The second-order valence-corrected chi connectivity index (χ2v) is 12.4. The van der Waals surface area contributed by atoms with E-state index in [1.807, 2.05) is 0 Å². The Labute approximate surface area is 266 Å². The van der Waals surface area contributed by atoms with E-state index in [4.69, 9.17) is 0 Å². The average Bonchev–Trinajstić information content (AvgIpc) is 3.13. The number of fused-ring (bicyclic) bond motifs is 13. The zero-order valence-electron chi connectivity index (χ0n) is 25.2. The molecule has 0 saturated heterocycles. The molecule has 0 N–H and O–H groups in total. The van der Waals surface area contributed by atoms with Crippen molar-refractivity contribution in [3.05, 3.63) is 170 Å². The van der Waals surface area contributed by atoms with Crippen LogP contribution in [-0.4, -0.2) is 0 Å². The van der Waals surface area contributed by atoms with E-state index in [1.54, 1.807) is 0 Å². The van der Waals surface area contributed by atoms with E-state index in [1.165, 1.54) is 97.7 Å². The van der Waals surface area contributed by atoms with E-state index in [2.05, 4.69) is 170 Å². The molecule has 0 amide bonds. The third-order valence-corrected chi connectivity index (χ3v) is 10.0. The summed E-state index contributed by atoms with van der Waals surface area (Å²) in [6.45, 7) is 0. The summed E-state index contributed by atoms with van der Waals surface area (Å²) in [5.41, 5.74) is 5.01. The van der Waals surface area contributed by atoms with E-state index in [0.717, 1.165) is 0 Å². The van der Waals surface area contributed by atoms with Crippen molar-refractivity contribution in [1.29, 1.82) is 0 Å². The van der Waals surface area contributed by atoms with Gasteiger partial charge in [0.05, 0.1) is 0 Å². The number of hydrogen-bond acceptors (Lipinski definition) is 0. The zero-order chi connectivity index (χ0) is 30.2. The molecule has 10 aromatic rings. The maximum atomic E-state index is 2.45. The largest absolute Gasteiger partial charge is 0.0616 e. The summed E-state index contributed by atoms with van der Waals surface area (Å²) in [5, 5.41) is 18.2. The lowest BCUT2D eigenvalue weighted by Crippen LogP contribution is -1.90. The molecule has 0 atom stereocenters. The summed E-state index contributed by atoms with van der Waals surface area (Å²) in [4.78, 5) is 0. The minimum atomic E-state index is 1.24.